The highest BCUT2D eigenvalue weighted by Gasteiger charge is 2.31. The van der Waals surface area contributed by atoms with E-state index in [0.717, 1.165) is 30.5 Å². The molecule has 0 fully saturated rings. The molecule has 3 heterocycles. The third-order valence-corrected chi connectivity index (χ3v) is 5.20. The first kappa shape index (κ1) is 18.5. The van der Waals surface area contributed by atoms with Crippen LogP contribution in [-0.2, 0) is 4.79 Å². The summed E-state index contributed by atoms with van der Waals surface area (Å²) in [5, 5.41) is 6.18. The third-order valence-electron chi connectivity index (χ3n) is 5.20. The van der Waals surface area contributed by atoms with Gasteiger partial charge in [0, 0.05) is 31.9 Å². The van der Waals surface area contributed by atoms with Crippen molar-refractivity contribution in [3.8, 4) is 0 Å². The molecule has 2 unspecified atom stereocenters. The number of hydrogen-bond acceptors (Lipinski definition) is 5. The lowest BCUT2D eigenvalue weighted by atomic mass is 9.90. The van der Waals surface area contributed by atoms with Crippen molar-refractivity contribution in [1.82, 2.24) is 15.5 Å². The smallest absolute Gasteiger partial charge is 0.276 e. The molecule has 1 aliphatic carbocycles. The van der Waals surface area contributed by atoms with Crippen molar-refractivity contribution >= 4 is 18.1 Å². The summed E-state index contributed by atoms with van der Waals surface area (Å²) < 4.78 is 0. The minimum Gasteiger partial charge on any atom is -0.369 e. The SMILES string of the molecule is CC(C)CN(C)C1=N/C(=C\C2=CNC3N=CC(C4=CCCC=C4)=CC23)C(=O)N1. The zero-order valence-electron chi connectivity index (χ0n) is 16.6. The maximum Gasteiger partial charge on any atom is 0.276 e. The monoisotopic (exact) mass is 377 g/mol. The van der Waals surface area contributed by atoms with Crippen LogP contribution in [0.3, 0.4) is 0 Å². The van der Waals surface area contributed by atoms with E-state index in [4.69, 9.17) is 0 Å². The van der Waals surface area contributed by atoms with Crippen LogP contribution in [0.2, 0.25) is 0 Å². The molecule has 6 nitrogen and oxygen atoms in total. The number of hydrogen-bond donors (Lipinski definition) is 2. The summed E-state index contributed by atoms with van der Waals surface area (Å²) in [7, 11) is 1.95. The number of rotatable bonds is 4. The summed E-state index contributed by atoms with van der Waals surface area (Å²) in [6.45, 7) is 5.12. The molecule has 4 aliphatic rings. The van der Waals surface area contributed by atoms with Crippen LogP contribution in [0.5, 0.6) is 0 Å². The van der Waals surface area contributed by atoms with Crippen LogP contribution >= 0.6 is 0 Å². The molecule has 2 atom stereocenters. The van der Waals surface area contributed by atoms with Crippen LogP contribution in [0.15, 0.2) is 69.0 Å². The summed E-state index contributed by atoms with van der Waals surface area (Å²) in [6.07, 6.45) is 16.8. The van der Waals surface area contributed by atoms with Crippen LogP contribution in [0.1, 0.15) is 26.7 Å². The molecule has 0 aromatic carbocycles. The van der Waals surface area contributed by atoms with Crippen molar-refractivity contribution in [3.63, 3.8) is 0 Å². The normalized spacial score (nSPS) is 27.1. The molecule has 0 radical (unpaired) electrons. The van der Waals surface area contributed by atoms with Gasteiger partial charge < -0.3 is 10.2 Å². The minimum atomic E-state index is -0.156. The molecule has 28 heavy (non-hydrogen) atoms. The summed E-state index contributed by atoms with van der Waals surface area (Å²) in [5.41, 5.74) is 3.84. The quantitative estimate of drug-likeness (QED) is 0.740. The van der Waals surface area contributed by atoms with E-state index in [0.29, 0.717) is 17.6 Å². The number of nitrogens with one attached hydrogen (secondary N) is 2. The van der Waals surface area contributed by atoms with E-state index < -0.39 is 0 Å². The molecule has 0 spiro atoms. The first-order valence-corrected chi connectivity index (χ1v) is 9.92. The topological polar surface area (TPSA) is 69.1 Å². The second-order valence-electron chi connectivity index (χ2n) is 8.01. The van der Waals surface area contributed by atoms with Gasteiger partial charge in [-0.1, -0.05) is 38.2 Å². The minimum absolute atomic E-state index is 0.0136. The number of guanidine groups is 1. The zero-order chi connectivity index (χ0) is 19.7. The van der Waals surface area contributed by atoms with Crippen molar-refractivity contribution < 1.29 is 4.79 Å². The number of aliphatic imine (C=N–C) groups is 2. The highest BCUT2D eigenvalue weighted by molar-refractivity contribution is 6.11. The van der Waals surface area contributed by atoms with Crippen LogP contribution < -0.4 is 10.6 Å². The van der Waals surface area contributed by atoms with Gasteiger partial charge in [-0.25, -0.2) is 4.99 Å². The van der Waals surface area contributed by atoms with E-state index in [1.165, 1.54) is 5.57 Å². The van der Waals surface area contributed by atoms with E-state index in [1.807, 2.05) is 30.4 Å². The summed E-state index contributed by atoms with van der Waals surface area (Å²) >= 11 is 0. The van der Waals surface area contributed by atoms with E-state index >= 15 is 0 Å². The van der Waals surface area contributed by atoms with E-state index in [1.54, 1.807) is 0 Å². The molecule has 4 rings (SSSR count). The van der Waals surface area contributed by atoms with Gasteiger partial charge in [0.05, 0.1) is 0 Å². The van der Waals surface area contributed by atoms with Crippen molar-refractivity contribution in [1.29, 1.82) is 0 Å². The number of carbonyl (C=O) groups is 1. The lowest BCUT2D eigenvalue weighted by Crippen LogP contribution is -2.39. The average Bonchev–Trinajstić information content (AvgIpc) is 3.26. The van der Waals surface area contributed by atoms with Crippen LogP contribution in [0.25, 0.3) is 0 Å². The van der Waals surface area contributed by atoms with E-state index in [9.17, 15) is 4.79 Å². The third kappa shape index (κ3) is 3.72. The lowest BCUT2D eigenvalue weighted by Gasteiger charge is -2.21. The van der Waals surface area contributed by atoms with Crippen LogP contribution in [-0.4, -0.2) is 42.7 Å². The lowest BCUT2D eigenvalue weighted by molar-refractivity contribution is -0.115. The summed E-state index contributed by atoms with van der Waals surface area (Å²) in [5.74, 6) is 1.05. The Balaban J connectivity index is 1.55. The van der Waals surface area contributed by atoms with Gasteiger partial charge in [0.1, 0.15) is 11.9 Å². The van der Waals surface area contributed by atoms with Crippen molar-refractivity contribution in [2.45, 2.75) is 32.9 Å². The van der Waals surface area contributed by atoms with Gasteiger partial charge in [0.15, 0.2) is 0 Å². The van der Waals surface area contributed by atoms with Crippen molar-refractivity contribution in [3.05, 3.63) is 59.0 Å². The molecule has 2 N–H and O–H groups in total. The van der Waals surface area contributed by atoms with E-state index in [2.05, 4.69) is 58.8 Å². The van der Waals surface area contributed by atoms with Gasteiger partial charge >= 0.3 is 0 Å². The molecule has 0 aromatic heterocycles. The molecular weight excluding hydrogens is 350 g/mol. The molecule has 0 saturated heterocycles. The van der Waals surface area contributed by atoms with Gasteiger partial charge in [-0.05, 0) is 41.6 Å². The number of nitrogens with zero attached hydrogens (tertiary/aromatic N) is 3. The highest BCUT2D eigenvalue weighted by Crippen LogP contribution is 2.32. The maximum atomic E-state index is 12.4. The number of allylic oxidation sites excluding steroid dienone is 6. The van der Waals surface area contributed by atoms with Gasteiger partial charge in [0.2, 0.25) is 5.96 Å². The second kappa shape index (κ2) is 7.62. The molecule has 146 valence electrons. The van der Waals surface area contributed by atoms with E-state index in [-0.39, 0.29) is 18.0 Å². The first-order valence-electron chi connectivity index (χ1n) is 9.92. The number of fused-ring (bicyclic) bond motifs is 1. The molecule has 0 aromatic rings. The Morgan fingerprint density at radius 3 is 2.93 bits per heavy atom. The van der Waals surface area contributed by atoms with Crippen molar-refractivity contribution in [2.75, 3.05) is 13.6 Å². The Morgan fingerprint density at radius 1 is 1.32 bits per heavy atom. The predicted molar refractivity (Wildman–Crippen MR) is 113 cm³/mol. The fourth-order valence-corrected chi connectivity index (χ4v) is 3.85. The van der Waals surface area contributed by atoms with Gasteiger partial charge in [-0.2, -0.15) is 0 Å². The summed E-state index contributed by atoms with van der Waals surface area (Å²) in [6, 6.07) is 0. The van der Waals surface area contributed by atoms with Gasteiger partial charge in [0.25, 0.3) is 5.91 Å². The largest absolute Gasteiger partial charge is 0.369 e. The Kier molecular flexibility index (Phi) is 5.03. The maximum absolute atomic E-state index is 12.4. The fraction of sp³-hybridized carbons (Fsp3) is 0.409. The number of carbonyl (C=O) groups excluding carboxylic acids is 1. The Labute approximate surface area is 166 Å². The Hall–Kier alpha value is -2.89. The predicted octanol–water partition coefficient (Wildman–Crippen LogP) is 2.66. The van der Waals surface area contributed by atoms with Crippen LogP contribution in [0.4, 0.5) is 0 Å². The molecular formula is C22H27N5O. The zero-order valence-corrected chi connectivity index (χ0v) is 16.6. The molecule has 1 amide bonds. The number of dihydropyridines is 1. The first-order chi connectivity index (χ1) is 13.5. The Morgan fingerprint density at radius 2 is 2.18 bits per heavy atom. The highest BCUT2D eigenvalue weighted by atomic mass is 16.2. The standard InChI is InChI=1S/C22H27N5O/c1-14(2)13-27(3)22-25-19(21(28)26-22)10-17-12-24-20-18(17)9-16(11-23-20)15-7-5-4-6-8-15/h5,7-12,14,18,20,24H,4,6,13H2,1-3H3,(H,25,26,28)/b19-10-. The molecule has 6 heteroatoms. The number of amides is 1. The molecule has 3 aliphatic heterocycles. The van der Waals surface area contributed by atoms with Crippen LogP contribution in [0, 0.1) is 11.8 Å². The molecule has 0 bridgehead atoms. The van der Waals surface area contributed by atoms with Gasteiger partial charge in [-0.3, -0.25) is 15.1 Å². The summed E-state index contributed by atoms with van der Waals surface area (Å²) in [4.78, 5) is 23.6. The second-order valence-corrected chi connectivity index (χ2v) is 8.01. The molecule has 0 saturated carbocycles. The Bertz CT molecular complexity index is 885. The van der Waals surface area contributed by atoms with Gasteiger partial charge in [-0.15, -0.1) is 0 Å². The fourth-order valence-electron chi connectivity index (χ4n) is 3.85. The van der Waals surface area contributed by atoms with Crippen molar-refractivity contribution in [2.24, 2.45) is 21.8 Å². The average molecular weight is 377 g/mol.